The van der Waals surface area contributed by atoms with Gasteiger partial charge in [-0.3, -0.25) is 9.59 Å². The van der Waals surface area contributed by atoms with Crippen molar-refractivity contribution < 1.29 is 17.6 Å². The van der Waals surface area contributed by atoms with Crippen molar-refractivity contribution in [1.29, 1.82) is 0 Å². The molecule has 0 saturated heterocycles. The standard InChI is InChI=1S/C22H18N4O5S/c1-13-3-8-19-17(11-13)18(27)12-20(31-19)21(28)25-15-4-6-16(7-5-15)32(29,30)26-22-23-10-9-14(2)24-22/h3-12H,1-2H3,(H,25,28)(H,23,24,26). The number of benzene rings is 2. The minimum Gasteiger partial charge on any atom is -0.451 e. The van der Waals surface area contributed by atoms with Crippen molar-refractivity contribution in [3.05, 3.63) is 88.0 Å². The van der Waals surface area contributed by atoms with Crippen LogP contribution in [-0.2, 0) is 10.0 Å². The van der Waals surface area contributed by atoms with E-state index in [-0.39, 0.29) is 22.0 Å². The van der Waals surface area contributed by atoms with Crippen LogP contribution in [0.15, 0.2) is 74.9 Å². The molecule has 0 aliphatic heterocycles. The number of nitrogens with one attached hydrogen (secondary N) is 2. The second-order valence-electron chi connectivity index (χ2n) is 7.08. The second kappa shape index (κ2) is 8.23. The van der Waals surface area contributed by atoms with Gasteiger partial charge in [0.2, 0.25) is 5.95 Å². The maximum absolute atomic E-state index is 12.5. The first-order chi connectivity index (χ1) is 15.2. The molecule has 0 spiro atoms. The fourth-order valence-electron chi connectivity index (χ4n) is 2.97. The van der Waals surface area contributed by atoms with Crippen molar-refractivity contribution in [3.63, 3.8) is 0 Å². The monoisotopic (exact) mass is 450 g/mol. The van der Waals surface area contributed by atoms with Crippen molar-refractivity contribution >= 4 is 38.5 Å². The van der Waals surface area contributed by atoms with Gasteiger partial charge in [-0.25, -0.2) is 23.1 Å². The Kier molecular flexibility index (Phi) is 5.45. The van der Waals surface area contributed by atoms with E-state index in [0.717, 1.165) is 11.6 Å². The highest BCUT2D eigenvalue weighted by Gasteiger charge is 2.17. The van der Waals surface area contributed by atoms with E-state index < -0.39 is 15.9 Å². The van der Waals surface area contributed by atoms with E-state index in [2.05, 4.69) is 20.0 Å². The minimum absolute atomic E-state index is 0.0341. The molecule has 0 aliphatic carbocycles. The fraction of sp³-hybridized carbons (Fsp3) is 0.0909. The summed E-state index contributed by atoms with van der Waals surface area (Å²) >= 11 is 0. The van der Waals surface area contributed by atoms with Crippen LogP contribution in [0.1, 0.15) is 21.8 Å². The molecule has 4 aromatic rings. The van der Waals surface area contributed by atoms with Crippen LogP contribution in [0.3, 0.4) is 0 Å². The summed E-state index contributed by atoms with van der Waals surface area (Å²) < 4.78 is 32.9. The zero-order valence-electron chi connectivity index (χ0n) is 17.1. The van der Waals surface area contributed by atoms with Crippen molar-refractivity contribution in [3.8, 4) is 0 Å². The summed E-state index contributed by atoms with van der Waals surface area (Å²) in [6.07, 6.45) is 1.45. The number of hydrogen-bond donors (Lipinski definition) is 2. The molecule has 0 atom stereocenters. The van der Waals surface area contributed by atoms with Crippen molar-refractivity contribution in [2.45, 2.75) is 18.7 Å². The van der Waals surface area contributed by atoms with E-state index in [9.17, 15) is 18.0 Å². The van der Waals surface area contributed by atoms with Crippen LogP contribution in [0.2, 0.25) is 0 Å². The third-order valence-corrected chi connectivity index (χ3v) is 5.89. The molecule has 0 saturated carbocycles. The van der Waals surface area contributed by atoms with E-state index in [1.807, 2.05) is 6.92 Å². The maximum atomic E-state index is 12.5. The Morgan fingerprint density at radius 3 is 2.47 bits per heavy atom. The molecule has 0 fully saturated rings. The quantitative estimate of drug-likeness (QED) is 0.477. The lowest BCUT2D eigenvalue weighted by Crippen LogP contribution is -2.16. The topological polar surface area (TPSA) is 131 Å². The summed E-state index contributed by atoms with van der Waals surface area (Å²) in [4.78, 5) is 32.7. The Labute approximate surface area is 183 Å². The van der Waals surface area contributed by atoms with E-state index in [1.165, 1.54) is 30.5 Å². The number of hydrogen-bond acceptors (Lipinski definition) is 7. The average Bonchev–Trinajstić information content (AvgIpc) is 2.74. The molecule has 0 bridgehead atoms. The molecule has 0 radical (unpaired) electrons. The number of carbonyl (C=O) groups excluding carboxylic acids is 1. The van der Waals surface area contributed by atoms with Crippen LogP contribution in [0.5, 0.6) is 0 Å². The maximum Gasteiger partial charge on any atom is 0.291 e. The molecular formula is C22H18N4O5S. The first-order valence-electron chi connectivity index (χ1n) is 9.50. The van der Waals surface area contributed by atoms with Gasteiger partial charge in [-0.1, -0.05) is 11.6 Å². The van der Waals surface area contributed by atoms with Gasteiger partial charge in [0.25, 0.3) is 15.9 Å². The summed E-state index contributed by atoms with van der Waals surface area (Å²) in [6.45, 7) is 3.57. The smallest absolute Gasteiger partial charge is 0.291 e. The van der Waals surface area contributed by atoms with Crippen LogP contribution in [0, 0.1) is 13.8 Å². The Balaban J connectivity index is 1.52. The zero-order valence-corrected chi connectivity index (χ0v) is 17.9. The molecule has 0 aliphatic rings. The molecule has 10 heteroatoms. The number of rotatable bonds is 5. The number of aryl methyl sites for hydroxylation is 2. The Bertz CT molecular complexity index is 1500. The summed E-state index contributed by atoms with van der Waals surface area (Å²) in [6, 6.07) is 13.4. The normalized spacial score (nSPS) is 11.3. The number of carbonyl (C=O) groups is 1. The lowest BCUT2D eigenvalue weighted by molar-refractivity contribution is 0.0997. The van der Waals surface area contributed by atoms with Gasteiger partial charge in [0.15, 0.2) is 11.2 Å². The van der Waals surface area contributed by atoms with E-state index in [1.54, 1.807) is 31.2 Å². The molecule has 2 aromatic carbocycles. The SMILES string of the molecule is Cc1ccc2oc(C(=O)Nc3ccc(S(=O)(=O)Nc4nccc(C)n4)cc3)cc(=O)c2c1. The van der Waals surface area contributed by atoms with Crippen molar-refractivity contribution in [1.82, 2.24) is 9.97 Å². The molecule has 4 rings (SSSR count). The second-order valence-corrected chi connectivity index (χ2v) is 8.76. The summed E-state index contributed by atoms with van der Waals surface area (Å²) in [5, 5.41) is 2.98. The highest BCUT2D eigenvalue weighted by Crippen LogP contribution is 2.19. The molecule has 2 aromatic heterocycles. The van der Waals surface area contributed by atoms with Gasteiger partial charge in [-0.05, 0) is 56.3 Å². The predicted octanol–water partition coefficient (Wildman–Crippen LogP) is 3.25. The molecule has 1 amide bonds. The minimum atomic E-state index is -3.91. The summed E-state index contributed by atoms with van der Waals surface area (Å²) in [7, 11) is -3.91. The third-order valence-electron chi connectivity index (χ3n) is 4.55. The molecule has 162 valence electrons. The Morgan fingerprint density at radius 1 is 1.00 bits per heavy atom. The van der Waals surface area contributed by atoms with Gasteiger partial charge in [-0.15, -0.1) is 0 Å². The number of fused-ring (bicyclic) bond motifs is 1. The fourth-order valence-corrected chi connectivity index (χ4v) is 3.92. The number of aromatic nitrogens is 2. The number of sulfonamides is 1. The predicted molar refractivity (Wildman–Crippen MR) is 119 cm³/mol. The molecule has 2 N–H and O–H groups in total. The number of anilines is 2. The summed E-state index contributed by atoms with van der Waals surface area (Å²) in [5.74, 6) is -0.823. The molecule has 2 heterocycles. The Hall–Kier alpha value is -4.05. The third kappa shape index (κ3) is 4.49. The van der Waals surface area contributed by atoms with Crippen molar-refractivity contribution in [2.24, 2.45) is 0 Å². The van der Waals surface area contributed by atoms with E-state index >= 15 is 0 Å². The molecular weight excluding hydrogens is 432 g/mol. The highest BCUT2D eigenvalue weighted by molar-refractivity contribution is 7.92. The molecule has 32 heavy (non-hydrogen) atoms. The van der Waals surface area contributed by atoms with Crippen LogP contribution in [0.25, 0.3) is 11.0 Å². The molecule has 9 nitrogen and oxygen atoms in total. The molecule has 0 unspecified atom stereocenters. The zero-order chi connectivity index (χ0) is 22.9. The lowest BCUT2D eigenvalue weighted by atomic mass is 10.1. The number of amides is 1. The first kappa shape index (κ1) is 21.2. The van der Waals surface area contributed by atoms with Gasteiger partial charge >= 0.3 is 0 Å². The van der Waals surface area contributed by atoms with E-state index in [4.69, 9.17) is 4.42 Å². The van der Waals surface area contributed by atoms with Gasteiger partial charge in [0, 0.05) is 23.6 Å². The lowest BCUT2D eigenvalue weighted by Gasteiger charge is -2.09. The van der Waals surface area contributed by atoms with Crippen LogP contribution >= 0.6 is 0 Å². The van der Waals surface area contributed by atoms with Gasteiger partial charge in [0.1, 0.15) is 5.58 Å². The van der Waals surface area contributed by atoms with Gasteiger partial charge < -0.3 is 9.73 Å². The largest absolute Gasteiger partial charge is 0.451 e. The van der Waals surface area contributed by atoms with Gasteiger partial charge in [0.05, 0.1) is 10.3 Å². The highest BCUT2D eigenvalue weighted by atomic mass is 32.2. The van der Waals surface area contributed by atoms with Crippen LogP contribution in [0.4, 0.5) is 11.6 Å². The summed E-state index contributed by atoms with van der Waals surface area (Å²) in [5.41, 5.74) is 1.82. The van der Waals surface area contributed by atoms with E-state index in [0.29, 0.717) is 22.4 Å². The number of nitrogens with zero attached hydrogens (tertiary/aromatic N) is 2. The Morgan fingerprint density at radius 2 is 1.75 bits per heavy atom. The van der Waals surface area contributed by atoms with Crippen LogP contribution in [-0.4, -0.2) is 24.3 Å². The van der Waals surface area contributed by atoms with Crippen molar-refractivity contribution in [2.75, 3.05) is 10.0 Å². The van der Waals surface area contributed by atoms with Crippen LogP contribution < -0.4 is 15.5 Å². The van der Waals surface area contributed by atoms with Gasteiger partial charge in [-0.2, -0.15) is 0 Å². The average molecular weight is 450 g/mol. The first-order valence-corrected chi connectivity index (χ1v) is 11.0.